The molecular formula is C25H20O12. The fourth-order valence-electron chi connectivity index (χ4n) is 3.63. The van der Waals surface area contributed by atoms with Crippen molar-refractivity contribution in [1.29, 1.82) is 0 Å². The molecule has 0 saturated heterocycles. The highest BCUT2D eigenvalue weighted by Crippen LogP contribution is 2.25. The van der Waals surface area contributed by atoms with Crippen LogP contribution in [0, 0.1) is 0 Å². The molecule has 4 N–H and O–H groups in total. The number of carboxylic acids is 2. The summed E-state index contributed by atoms with van der Waals surface area (Å²) in [6, 6.07) is 10.3. The van der Waals surface area contributed by atoms with E-state index in [-0.39, 0.29) is 53.1 Å². The summed E-state index contributed by atoms with van der Waals surface area (Å²) in [4.78, 5) is 46.9. The van der Waals surface area contributed by atoms with E-state index in [2.05, 4.69) is 0 Å². The second kappa shape index (κ2) is 10.5. The summed E-state index contributed by atoms with van der Waals surface area (Å²) in [6.07, 6.45) is -2.56. The first-order valence-electron chi connectivity index (χ1n) is 10.9. The standard InChI is InChI=1S/C25H20O12/c26-12(10-34-16-3-1-5-18-22(16)14(28)8-20(36-18)24(30)31)7-13(27)11-35-17-4-2-6-19-23(17)15(29)9-21(37-19)25(32)33/h1-6,8-9,12-13,26-27H,7,10-11H2,(H,30,31)(H,32,33)/t12-,13-/m0/s1. The molecule has 0 bridgehead atoms. The van der Waals surface area contributed by atoms with Gasteiger partial charge in [-0.25, -0.2) is 9.59 Å². The van der Waals surface area contributed by atoms with Gasteiger partial charge in [0.2, 0.25) is 11.5 Å². The van der Waals surface area contributed by atoms with E-state index in [1.54, 1.807) is 0 Å². The van der Waals surface area contributed by atoms with Crippen LogP contribution in [-0.2, 0) is 0 Å². The summed E-state index contributed by atoms with van der Waals surface area (Å²) in [5, 5.41) is 38.7. The highest BCUT2D eigenvalue weighted by Gasteiger charge is 2.19. The first kappa shape index (κ1) is 25.4. The summed E-state index contributed by atoms with van der Waals surface area (Å²) in [6.45, 7) is -0.627. The molecule has 0 aliphatic heterocycles. The van der Waals surface area contributed by atoms with Crippen LogP contribution in [0.3, 0.4) is 0 Å². The van der Waals surface area contributed by atoms with Gasteiger partial charge in [0.15, 0.2) is 10.9 Å². The average Bonchev–Trinajstić information content (AvgIpc) is 2.85. The minimum Gasteiger partial charge on any atom is -0.490 e. The molecule has 12 nitrogen and oxygen atoms in total. The molecule has 2 aromatic carbocycles. The molecule has 2 atom stereocenters. The van der Waals surface area contributed by atoms with E-state index < -0.39 is 46.5 Å². The van der Waals surface area contributed by atoms with Crippen LogP contribution in [0.4, 0.5) is 0 Å². The molecule has 0 radical (unpaired) electrons. The molecule has 0 fully saturated rings. The summed E-state index contributed by atoms with van der Waals surface area (Å²) >= 11 is 0. The first-order valence-corrected chi connectivity index (χ1v) is 10.9. The lowest BCUT2D eigenvalue weighted by Gasteiger charge is -2.18. The molecule has 0 spiro atoms. The van der Waals surface area contributed by atoms with E-state index in [0.29, 0.717) is 0 Å². The maximum Gasteiger partial charge on any atom is 0.371 e. The minimum atomic E-state index is -1.40. The van der Waals surface area contributed by atoms with Gasteiger partial charge in [-0.3, -0.25) is 9.59 Å². The van der Waals surface area contributed by atoms with Gasteiger partial charge in [0.25, 0.3) is 0 Å². The van der Waals surface area contributed by atoms with Gasteiger partial charge < -0.3 is 38.7 Å². The SMILES string of the molecule is O=C(O)c1cc(=O)c2c(OC[C@@H](O)C[C@H](O)COc3cccc4oc(C(=O)O)cc(=O)c34)cccc2o1. The Morgan fingerprint density at radius 2 is 1.14 bits per heavy atom. The highest BCUT2D eigenvalue weighted by molar-refractivity contribution is 5.90. The van der Waals surface area contributed by atoms with Gasteiger partial charge in [0.05, 0.1) is 12.2 Å². The van der Waals surface area contributed by atoms with Crippen molar-refractivity contribution in [1.82, 2.24) is 0 Å². The fraction of sp³-hybridized carbons (Fsp3) is 0.200. The average molecular weight is 512 g/mol. The monoisotopic (exact) mass is 512 g/mol. The van der Waals surface area contributed by atoms with E-state index in [9.17, 15) is 29.4 Å². The molecule has 4 aromatic rings. The van der Waals surface area contributed by atoms with E-state index in [4.69, 9.17) is 28.5 Å². The molecule has 0 amide bonds. The lowest BCUT2D eigenvalue weighted by atomic mass is 10.1. The van der Waals surface area contributed by atoms with Crippen molar-refractivity contribution in [3.05, 3.63) is 80.5 Å². The number of rotatable bonds is 10. The Kier molecular flexibility index (Phi) is 7.22. The van der Waals surface area contributed by atoms with Crippen molar-refractivity contribution in [2.24, 2.45) is 0 Å². The van der Waals surface area contributed by atoms with Crippen molar-refractivity contribution >= 4 is 33.9 Å². The predicted octanol–water partition coefficient (Wildman–Crippen LogP) is 1.87. The van der Waals surface area contributed by atoms with Gasteiger partial charge in [-0.05, 0) is 24.3 Å². The number of aromatic carboxylic acids is 2. The smallest absolute Gasteiger partial charge is 0.371 e. The van der Waals surface area contributed by atoms with Crippen LogP contribution in [0.15, 0.2) is 67.0 Å². The van der Waals surface area contributed by atoms with Gasteiger partial charge in [-0.2, -0.15) is 0 Å². The number of benzene rings is 2. The van der Waals surface area contributed by atoms with Crippen molar-refractivity contribution in [2.75, 3.05) is 13.2 Å². The van der Waals surface area contributed by atoms with E-state index in [1.807, 2.05) is 0 Å². The van der Waals surface area contributed by atoms with Gasteiger partial charge in [0, 0.05) is 18.6 Å². The zero-order valence-corrected chi connectivity index (χ0v) is 18.9. The predicted molar refractivity (Wildman–Crippen MR) is 127 cm³/mol. The van der Waals surface area contributed by atoms with Gasteiger partial charge >= 0.3 is 11.9 Å². The fourth-order valence-corrected chi connectivity index (χ4v) is 3.63. The Labute approximate surface area is 206 Å². The van der Waals surface area contributed by atoms with Crippen molar-refractivity contribution in [3.63, 3.8) is 0 Å². The maximum absolute atomic E-state index is 12.4. The number of aliphatic hydroxyl groups excluding tert-OH is 2. The molecule has 0 aliphatic rings. The Balaban J connectivity index is 1.39. The summed E-state index contributed by atoms with van der Waals surface area (Å²) < 4.78 is 21.4. The Morgan fingerprint density at radius 1 is 0.730 bits per heavy atom. The number of aliphatic hydroxyl groups is 2. The number of hydrogen-bond donors (Lipinski definition) is 4. The molecule has 0 unspecified atom stereocenters. The normalized spacial score (nSPS) is 12.8. The van der Waals surface area contributed by atoms with Crippen LogP contribution in [0.5, 0.6) is 11.5 Å². The minimum absolute atomic E-state index is 0.000338. The van der Waals surface area contributed by atoms with Gasteiger partial charge in [-0.1, -0.05) is 12.1 Å². The third-order valence-corrected chi connectivity index (χ3v) is 5.26. The van der Waals surface area contributed by atoms with Gasteiger partial charge in [-0.15, -0.1) is 0 Å². The van der Waals surface area contributed by atoms with Gasteiger partial charge in [0.1, 0.15) is 46.7 Å². The van der Waals surface area contributed by atoms with Crippen molar-refractivity contribution in [2.45, 2.75) is 18.6 Å². The second-order valence-corrected chi connectivity index (χ2v) is 7.98. The van der Waals surface area contributed by atoms with Crippen LogP contribution in [0.1, 0.15) is 27.5 Å². The zero-order chi connectivity index (χ0) is 26.7. The number of ether oxygens (including phenoxy) is 2. The lowest BCUT2D eigenvalue weighted by Crippen LogP contribution is -2.28. The largest absolute Gasteiger partial charge is 0.490 e. The van der Waals surface area contributed by atoms with E-state index >= 15 is 0 Å². The molecule has 12 heteroatoms. The molecule has 0 aliphatic carbocycles. The molecule has 37 heavy (non-hydrogen) atoms. The highest BCUT2D eigenvalue weighted by atomic mass is 16.5. The maximum atomic E-state index is 12.4. The summed E-state index contributed by atoms with van der Waals surface area (Å²) in [5.74, 6) is -3.71. The van der Waals surface area contributed by atoms with E-state index in [1.165, 1.54) is 36.4 Å². The van der Waals surface area contributed by atoms with Crippen LogP contribution in [-0.4, -0.2) is 57.8 Å². The number of fused-ring (bicyclic) bond motifs is 2. The van der Waals surface area contributed by atoms with Crippen molar-refractivity contribution in [3.8, 4) is 11.5 Å². The zero-order valence-electron chi connectivity index (χ0n) is 18.9. The third-order valence-electron chi connectivity index (χ3n) is 5.26. The number of hydrogen-bond acceptors (Lipinski definition) is 10. The Bertz CT molecular complexity index is 1480. The molecule has 192 valence electrons. The second-order valence-electron chi connectivity index (χ2n) is 7.98. The third kappa shape index (κ3) is 5.60. The molecule has 4 rings (SSSR count). The van der Waals surface area contributed by atoms with Crippen LogP contribution in [0.25, 0.3) is 21.9 Å². The lowest BCUT2D eigenvalue weighted by molar-refractivity contribution is 0.0289. The Morgan fingerprint density at radius 3 is 1.51 bits per heavy atom. The van der Waals surface area contributed by atoms with Crippen molar-refractivity contribution < 1.29 is 48.3 Å². The quantitative estimate of drug-likeness (QED) is 0.241. The first-order chi connectivity index (χ1) is 17.6. The number of carboxylic acid groups (broad SMARTS) is 2. The molecule has 2 heterocycles. The number of carbonyl (C=O) groups is 2. The Hall–Kier alpha value is -4.68. The van der Waals surface area contributed by atoms with Crippen LogP contribution >= 0.6 is 0 Å². The molecular weight excluding hydrogens is 492 g/mol. The van der Waals surface area contributed by atoms with E-state index in [0.717, 1.165) is 12.1 Å². The molecule has 2 aromatic heterocycles. The van der Waals surface area contributed by atoms with Crippen LogP contribution < -0.4 is 20.3 Å². The molecule has 0 saturated carbocycles. The topological polar surface area (TPSA) is 194 Å². The van der Waals surface area contributed by atoms with Crippen LogP contribution in [0.2, 0.25) is 0 Å². The summed E-state index contributed by atoms with van der Waals surface area (Å²) in [7, 11) is 0. The summed E-state index contributed by atoms with van der Waals surface area (Å²) in [5.41, 5.74) is -1.26.